The van der Waals surface area contributed by atoms with Crippen molar-refractivity contribution in [1.82, 2.24) is 4.57 Å². The summed E-state index contributed by atoms with van der Waals surface area (Å²) in [5.74, 6) is 0. The van der Waals surface area contributed by atoms with Gasteiger partial charge in [-0.15, -0.1) is 0 Å². The SMILES string of the molecule is O=c1oc2cc(-c3cccc4oc5ccccc5c34)ccc2c2ccc(-c3ccc4c(c3)c3ccccc3n4-c3cccc(-c4ccccc4)c3)cc12. The van der Waals surface area contributed by atoms with Crippen LogP contribution in [0.2, 0.25) is 0 Å². The van der Waals surface area contributed by atoms with Gasteiger partial charge in [0.15, 0.2) is 0 Å². The molecule has 8 aromatic carbocycles. The highest BCUT2D eigenvalue weighted by atomic mass is 16.4. The molecule has 4 nitrogen and oxygen atoms in total. The van der Waals surface area contributed by atoms with Crippen LogP contribution in [-0.4, -0.2) is 4.57 Å². The molecule has 0 saturated heterocycles. The first kappa shape index (κ1) is 29.5. The Balaban J connectivity index is 1.02. The Morgan fingerprint density at radius 3 is 1.92 bits per heavy atom. The highest BCUT2D eigenvalue weighted by Crippen LogP contribution is 2.39. The van der Waals surface area contributed by atoms with Gasteiger partial charge in [0.1, 0.15) is 16.7 Å². The number of nitrogens with zero attached hydrogens (tertiary/aromatic N) is 1. The third-order valence-electron chi connectivity index (χ3n) is 10.6. The molecule has 11 aromatic rings. The van der Waals surface area contributed by atoms with Gasteiger partial charge in [-0.25, -0.2) is 4.79 Å². The van der Waals surface area contributed by atoms with Crippen LogP contribution in [0, 0.1) is 0 Å². The lowest BCUT2D eigenvalue weighted by Crippen LogP contribution is -2.00. The largest absolute Gasteiger partial charge is 0.456 e. The van der Waals surface area contributed by atoms with Crippen LogP contribution in [0.25, 0.3) is 105 Å². The van der Waals surface area contributed by atoms with Gasteiger partial charge in [0.25, 0.3) is 0 Å². The second kappa shape index (κ2) is 11.4. The fourth-order valence-electron chi connectivity index (χ4n) is 8.18. The summed E-state index contributed by atoms with van der Waals surface area (Å²) in [7, 11) is 0. The van der Waals surface area contributed by atoms with E-state index < -0.39 is 0 Å². The van der Waals surface area contributed by atoms with Crippen molar-refractivity contribution in [3.8, 4) is 39.1 Å². The van der Waals surface area contributed by atoms with E-state index in [0.29, 0.717) is 11.0 Å². The Bertz CT molecular complexity index is 3310. The lowest BCUT2D eigenvalue weighted by molar-refractivity contribution is 0.570. The maximum absolute atomic E-state index is 13.7. The molecule has 0 aliphatic rings. The molecule has 248 valence electrons. The van der Waals surface area contributed by atoms with E-state index in [0.717, 1.165) is 77.1 Å². The number of fused-ring (bicyclic) bond motifs is 9. The number of para-hydroxylation sites is 2. The van der Waals surface area contributed by atoms with Gasteiger partial charge in [-0.2, -0.15) is 0 Å². The van der Waals surface area contributed by atoms with Gasteiger partial charge >= 0.3 is 5.63 Å². The molecule has 11 rings (SSSR count). The first-order chi connectivity index (χ1) is 26.2. The molecule has 0 amide bonds. The van der Waals surface area contributed by atoms with E-state index in [4.69, 9.17) is 8.83 Å². The van der Waals surface area contributed by atoms with Crippen LogP contribution in [-0.2, 0) is 0 Å². The topological polar surface area (TPSA) is 48.3 Å². The van der Waals surface area contributed by atoms with E-state index in [-0.39, 0.29) is 5.63 Å². The summed E-state index contributed by atoms with van der Waals surface area (Å²) in [5.41, 5.74) is 11.6. The molecule has 4 heteroatoms. The van der Waals surface area contributed by atoms with E-state index in [1.54, 1.807) is 0 Å². The van der Waals surface area contributed by atoms with Crippen LogP contribution < -0.4 is 5.63 Å². The highest BCUT2D eigenvalue weighted by molar-refractivity contribution is 6.14. The van der Waals surface area contributed by atoms with Gasteiger partial charge < -0.3 is 13.4 Å². The van der Waals surface area contributed by atoms with Crippen molar-refractivity contribution in [1.29, 1.82) is 0 Å². The molecule has 0 bridgehead atoms. The van der Waals surface area contributed by atoms with E-state index >= 15 is 0 Å². The summed E-state index contributed by atoms with van der Waals surface area (Å²) in [6.45, 7) is 0. The zero-order valence-corrected chi connectivity index (χ0v) is 28.4. The van der Waals surface area contributed by atoms with Crippen molar-refractivity contribution in [3.05, 3.63) is 186 Å². The van der Waals surface area contributed by atoms with E-state index in [1.807, 2.05) is 48.5 Å². The quantitative estimate of drug-likeness (QED) is 0.137. The van der Waals surface area contributed by atoms with Gasteiger partial charge in [0.2, 0.25) is 0 Å². The van der Waals surface area contributed by atoms with Crippen molar-refractivity contribution in [3.63, 3.8) is 0 Å². The molecule has 0 unspecified atom stereocenters. The van der Waals surface area contributed by atoms with Crippen LogP contribution in [0.1, 0.15) is 0 Å². The van der Waals surface area contributed by atoms with Crippen LogP contribution in [0.15, 0.2) is 190 Å². The number of hydrogen-bond acceptors (Lipinski definition) is 3. The van der Waals surface area contributed by atoms with Crippen molar-refractivity contribution in [2.45, 2.75) is 0 Å². The minimum absolute atomic E-state index is 0.352. The molecule has 3 heterocycles. The number of hydrogen-bond donors (Lipinski definition) is 0. The van der Waals surface area contributed by atoms with Gasteiger partial charge in [-0.3, -0.25) is 0 Å². The minimum Gasteiger partial charge on any atom is -0.456 e. The molecular formula is C49H29NO3. The first-order valence-electron chi connectivity index (χ1n) is 17.8. The molecular weight excluding hydrogens is 651 g/mol. The average Bonchev–Trinajstić information content (AvgIpc) is 3.77. The van der Waals surface area contributed by atoms with Gasteiger partial charge in [0.05, 0.1) is 16.4 Å². The molecule has 53 heavy (non-hydrogen) atoms. The summed E-state index contributed by atoms with van der Waals surface area (Å²) in [4.78, 5) is 13.7. The zero-order chi connectivity index (χ0) is 35.0. The number of benzene rings is 8. The Hall–Kier alpha value is -7.17. The second-order valence-corrected chi connectivity index (χ2v) is 13.6. The maximum atomic E-state index is 13.7. The fraction of sp³-hybridized carbons (Fsp3) is 0. The van der Waals surface area contributed by atoms with E-state index in [9.17, 15) is 4.79 Å². The van der Waals surface area contributed by atoms with Crippen LogP contribution in [0.3, 0.4) is 0 Å². The highest BCUT2D eigenvalue weighted by Gasteiger charge is 2.17. The van der Waals surface area contributed by atoms with Crippen LogP contribution in [0.5, 0.6) is 0 Å². The Kier molecular flexibility index (Phi) is 6.37. The number of aromatic nitrogens is 1. The normalized spacial score (nSPS) is 11.8. The molecule has 3 aromatic heterocycles. The summed E-state index contributed by atoms with van der Waals surface area (Å²) in [6, 6.07) is 60.7. The van der Waals surface area contributed by atoms with Gasteiger partial charge in [-0.1, -0.05) is 115 Å². The number of furan rings is 1. The molecule has 0 spiro atoms. The van der Waals surface area contributed by atoms with Crippen LogP contribution >= 0.6 is 0 Å². The molecule has 0 radical (unpaired) electrons. The zero-order valence-electron chi connectivity index (χ0n) is 28.4. The summed E-state index contributed by atoms with van der Waals surface area (Å²) in [6.07, 6.45) is 0. The summed E-state index contributed by atoms with van der Waals surface area (Å²) in [5, 5.41) is 6.77. The molecule has 0 fully saturated rings. The first-order valence-corrected chi connectivity index (χ1v) is 17.8. The molecule has 0 N–H and O–H groups in total. The Morgan fingerprint density at radius 1 is 0.358 bits per heavy atom. The molecule has 0 saturated carbocycles. The van der Waals surface area contributed by atoms with E-state index in [2.05, 4.69) is 132 Å². The number of rotatable bonds is 4. The predicted octanol–water partition coefficient (Wildman–Crippen LogP) is 12.9. The Labute approximate surface area is 303 Å². The smallest absolute Gasteiger partial charge is 0.344 e. The summed E-state index contributed by atoms with van der Waals surface area (Å²) >= 11 is 0. The standard InChI is InChI=1S/C49H29NO3/c51-49-42-28-32(20-23-37(42)39-24-21-34(29-47(39)53-49)36-16-9-19-46-48(36)40-15-5-7-18-45(40)52-46)33-22-25-44-41(27-33)38-14-4-6-17-43(38)50(44)35-13-8-12-31(26-35)30-10-2-1-3-11-30/h1-29H. The second-order valence-electron chi connectivity index (χ2n) is 13.6. The van der Waals surface area contributed by atoms with Crippen molar-refractivity contribution in [2.75, 3.05) is 0 Å². The van der Waals surface area contributed by atoms with E-state index in [1.165, 1.54) is 16.5 Å². The van der Waals surface area contributed by atoms with Crippen molar-refractivity contribution >= 4 is 65.5 Å². The molecule has 0 aliphatic carbocycles. The monoisotopic (exact) mass is 679 g/mol. The maximum Gasteiger partial charge on any atom is 0.344 e. The van der Waals surface area contributed by atoms with Crippen LogP contribution in [0.4, 0.5) is 0 Å². The molecule has 0 aliphatic heterocycles. The lowest BCUT2D eigenvalue weighted by atomic mass is 9.96. The van der Waals surface area contributed by atoms with Gasteiger partial charge in [0, 0.05) is 32.6 Å². The van der Waals surface area contributed by atoms with Gasteiger partial charge in [-0.05, 0) is 99.4 Å². The fourth-order valence-corrected chi connectivity index (χ4v) is 8.18. The lowest BCUT2D eigenvalue weighted by Gasteiger charge is -2.11. The Morgan fingerprint density at radius 2 is 1.02 bits per heavy atom. The summed E-state index contributed by atoms with van der Waals surface area (Å²) < 4.78 is 14.5. The average molecular weight is 680 g/mol. The third-order valence-corrected chi connectivity index (χ3v) is 10.6. The predicted molar refractivity (Wildman–Crippen MR) is 218 cm³/mol. The molecule has 0 atom stereocenters. The minimum atomic E-state index is -0.352. The van der Waals surface area contributed by atoms with Crippen molar-refractivity contribution < 1.29 is 8.83 Å². The van der Waals surface area contributed by atoms with Crippen molar-refractivity contribution in [2.24, 2.45) is 0 Å². The third kappa shape index (κ3) is 4.59.